The highest BCUT2D eigenvalue weighted by Crippen LogP contribution is 2.33. The highest BCUT2D eigenvalue weighted by atomic mass is 19.1. The number of aromatic nitrogens is 3. The first-order valence-corrected chi connectivity index (χ1v) is 12.1. The number of aromatic amines is 1. The molecule has 7 heteroatoms. The van der Waals surface area contributed by atoms with Gasteiger partial charge in [0, 0.05) is 29.1 Å². The van der Waals surface area contributed by atoms with Crippen LogP contribution in [0.4, 0.5) is 4.39 Å². The number of ether oxygens (including phenoxy) is 2. The summed E-state index contributed by atoms with van der Waals surface area (Å²) in [6.07, 6.45) is 3.44. The molecule has 190 valence electrons. The molecule has 0 bridgehead atoms. The third-order valence-electron chi connectivity index (χ3n) is 5.64. The van der Waals surface area contributed by atoms with E-state index in [-0.39, 0.29) is 11.8 Å². The van der Waals surface area contributed by atoms with Crippen LogP contribution in [0.1, 0.15) is 31.1 Å². The number of carbonyl (C=O) groups is 1. The van der Waals surface area contributed by atoms with Crippen molar-refractivity contribution in [3.8, 4) is 45.4 Å². The number of rotatable bonds is 6. The van der Waals surface area contributed by atoms with E-state index in [1.165, 1.54) is 12.1 Å². The van der Waals surface area contributed by atoms with Crippen LogP contribution in [0.5, 0.6) is 11.5 Å². The zero-order valence-corrected chi connectivity index (χ0v) is 21.2. The predicted octanol–water partition coefficient (Wildman–Crippen LogP) is 7.69. The summed E-state index contributed by atoms with van der Waals surface area (Å²) in [5.74, 6) is 1.23. The SMILES string of the molecule is CC(C)(C)OC(=O)c1ccc(Oc2ccc(-c3nc(-c4ccc(F)cc4)c(-c4ccncc4)[nH]3)cc2)cc1. The Morgan fingerprint density at radius 3 is 1.95 bits per heavy atom. The standard InChI is InChI=1S/C31H26FN3O3/c1-31(2,3)38-30(36)23-8-14-26(15-9-23)37-25-12-6-22(7-13-25)29-34-27(20-4-10-24(32)11-5-20)28(35-29)21-16-18-33-19-17-21/h4-19H,1-3H3,(H,34,35). The summed E-state index contributed by atoms with van der Waals surface area (Å²) in [4.78, 5) is 24.6. The molecule has 6 nitrogen and oxygen atoms in total. The molecule has 0 saturated heterocycles. The van der Waals surface area contributed by atoms with Gasteiger partial charge in [-0.1, -0.05) is 0 Å². The van der Waals surface area contributed by atoms with Gasteiger partial charge in [-0.15, -0.1) is 0 Å². The molecule has 0 amide bonds. The molecule has 2 heterocycles. The number of imidazole rings is 1. The highest BCUT2D eigenvalue weighted by molar-refractivity contribution is 5.89. The van der Waals surface area contributed by atoms with Crippen molar-refractivity contribution in [2.24, 2.45) is 0 Å². The number of carbonyl (C=O) groups excluding carboxylic acids is 1. The van der Waals surface area contributed by atoms with Gasteiger partial charge in [0.05, 0.1) is 17.0 Å². The van der Waals surface area contributed by atoms with E-state index in [2.05, 4.69) is 9.97 Å². The summed E-state index contributed by atoms with van der Waals surface area (Å²) in [5.41, 5.74) is 4.03. The second kappa shape index (κ2) is 10.3. The molecule has 0 fully saturated rings. The summed E-state index contributed by atoms with van der Waals surface area (Å²) in [7, 11) is 0. The minimum atomic E-state index is -0.555. The second-order valence-corrected chi connectivity index (χ2v) is 9.70. The van der Waals surface area contributed by atoms with Gasteiger partial charge in [0.15, 0.2) is 0 Å². The number of benzene rings is 3. The molecule has 0 radical (unpaired) electrons. The smallest absolute Gasteiger partial charge is 0.338 e. The molecular weight excluding hydrogens is 481 g/mol. The van der Waals surface area contributed by atoms with Gasteiger partial charge in [0.2, 0.25) is 0 Å². The summed E-state index contributed by atoms with van der Waals surface area (Å²) in [6.45, 7) is 5.50. The van der Waals surface area contributed by atoms with E-state index in [4.69, 9.17) is 14.5 Å². The Bertz CT molecular complexity index is 1540. The number of hydrogen-bond donors (Lipinski definition) is 1. The fourth-order valence-electron chi connectivity index (χ4n) is 3.87. The van der Waals surface area contributed by atoms with Crippen LogP contribution in [0.15, 0.2) is 97.3 Å². The number of nitrogens with zero attached hydrogens (tertiary/aromatic N) is 2. The van der Waals surface area contributed by atoms with E-state index in [9.17, 15) is 9.18 Å². The lowest BCUT2D eigenvalue weighted by molar-refractivity contribution is 0.00695. The van der Waals surface area contributed by atoms with Crippen LogP contribution in [0, 0.1) is 5.82 Å². The van der Waals surface area contributed by atoms with Crippen LogP contribution >= 0.6 is 0 Å². The van der Waals surface area contributed by atoms with Crippen molar-refractivity contribution >= 4 is 5.97 Å². The lowest BCUT2D eigenvalue weighted by atomic mass is 10.1. The first kappa shape index (κ1) is 24.9. The van der Waals surface area contributed by atoms with E-state index in [0.29, 0.717) is 22.9 Å². The number of nitrogens with one attached hydrogen (secondary N) is 1. The second-order valence-electron chi connectivity index (χ2n) is 9.70. The first-order valence-electron chi connectivity index (χ1n) is 12.1. The molecule has 0 unspecified atom stereocenters. The lowest BCUT2D eigenvalue weighted by Crippen LogP contribution is -2.23. The van der Waals surface area contributed by atoms with Gasteiger partial charge >= 0.3 is 5.97 Å². The molecule has 38 heavy (non-hydrogen) atoms. The topological polar surface area (TPSA) is 77.1 Å². The normalized spacial score (nSPS) is 11.3. The molecule has 0 saturated carbocycles. The van der Waals surface area contributed by atoms with Crippen molar-refractivity contribution in [3.05, 3.63) is 109 Å². The zero-order chi connectivity index (χ0) is 26.7. The summed E-state index contributed by atoms with van der Waals surface area (Å²) in [5, 5.41) is 0. The van der Waals surface area contributed by atoms with Gasteiger partial charge < -0.3 is 14.5 Å². The molecule has 5 rings (SSSR count). The van der Waals surface area contributed by atoms with Crippen molar-refractivity contribution < 1.29 is 18.7 Å². The van der Waals surface area contributed by atoms with Gasteiger partial charge in [-0.05, 0) is 106 Å². The number of pyridine rings is 1. The summed E-state index contributed by atoms with van der Waals surface area (Å²) >= 11 is 0. The predicted molar refractivity (Wildman–Crippen MR) is 144 cm³/mol. The quantitative estimate of drug-likeness (QED) is 0.238. The van der Waals surface area contributed by atoms with Crippen LogP contribution in [0.2, 0.25) is 0 Å². The number of hydrogen-bond acceptors (Lipinski definition) is 5. The first-order chi connectivity index (χ1) is 18.2. The van der Waals surface area contributed by atoms with Crippen molar-refractivity contribution in [1.82, 2.24) is 15.0 Å². The monoisotopic (exact) mass is 507 g/mol. The van der Waals surface area contributed by atoms with Crippen molar-refractivity contribution in [1.29, 1.82) is 0 Å². The molecule has 5 aromatic rings. The third kappa shape index (κ3) is 5.78. The Hall–Kier alpha value is -4.78. The molecule has 0 aliphatic carbocycles. The minimum absolute atomic E-state index is 0.301. The molecule has 0 spiro atoms. The number of halogens is 1. The molecule has 0 aliphatic rings. The third-order valence-corrected chi connectivity index (χ3v) is 5.64. The Labute approximate surface area is 220 Å². The van der Waals surface area contributed by atoms with Gasteiger partial charge in [0.25, 0.3) is 0 Å². The maximum Gasteiger partial charge on any atom is 0.338 e. The van der Waals surface area contributed by atoms with Crippen molar-refractivity contribution in [2.45, 2.75) is 26.4 Å². The summed E-state index contributed by atoms with van der Waals surface area (Å²) in [6, 6.07) is 24.4. The lowest BCUT2D eigenvalue weighted by Gasteiger charge is -2.19. The van der Waals surface area contributed by atoms with E-state index < -0.39 is 5.60 Å². The maximum absolute atomic E-state index is 13.5. The minimum Gasteiger partial charge on any atom is -0.457 e. The Kier molecular flexibility index (Phi) is 6.75. The average molecular weight is 508 g/mol. The van der Waals surface area contributed by atoms with E-state index >= 15 is 0 Å². The van der Waals surface area contributed by atoms with Gasteiger partial charge in [0.1, 0.15) is 28.7 Å². The average Bonchev–Trinajstić information content (AvgIpc) is 3.35. The van der Waals surface area contributed by atoms with Crippen molar-refractivity contribution in [2.75, 3.05) is 0 Å². The molecular formula is C31H26FN3O3. The Morgan fingerprint density at radius 2 is 1.34 bits per heavy atom. The molecule has 2 aromatic heterocycles. The fraction of sp³-hybridized carbons (Fsp3) is 0.129. The van der Waals surface area contributed by atoms with Crippen LogP contribution in [0.3, 0.4) is 0 Å². The van der Waals surface area contributed by atoms with Gasteiger partial charge in [-0.25, -0.2) is 14.2 Å². The molecule has 3 aromatic carbocycles. The van der Waals surface area contributed by atoms with E-state index in [1.54, 1.807) is 48.8 Å². The number of esters is 1. The number of H-pyrrole nitrogens is 1. The van der Waals surface area contributed by atoms with Crippen LogP contribution in [0.25, 0.3) is 33.9 Å². The molecule has 0 aliphatic heterocycles. The molecule has 0 atom stereocenters. The van der Waals surface area contributed by atoms with Crippen LogP contribution < -0.4 is 4.74 Å². The van der Waals surface area contributed by atoms with Crippen LogP contribution in [-0.2, 0) is 4.74 Å². The van der Waals surface area contributed by atoms with E-state index in [0.717, 1.165) is 28.1 Å². The van der Waals surface area contributed by atoms with E-state index in [1.807, 2.05) is 57.2 Å². The van der Waals surface area contributed by atoms with Crippen molar-refractivity contribution in [3.63, 3.8) is 0 Å². The zero-order valence-electron chi connectivity index (χ0n) is 21.2. The fourth-order valence-corrected chi connectivity index (χ4v) is 3.87. The Balaban J connectivity index is 1.37. The highest BCUT2D eigenvalue weighted by Gasteiger charge is 2.18. The van der Waals surface area contributed by atoms with Crippen LogP contribution in [-0.4, -0.2) is 26.5 Å². The maximum atomic E-state index is 13.5. The summed E-state index contributed by atoms with van der Waals surface area (Å²) < 4.78 is 24.9. The molecule has 1 N–H and O–H groups in total. The van der Waals surface area contributed by atoms with Gasteiger partial charge in [-0.3, -0.25) is 4.98 Å². The largest absolute Gasteiger partial charge is 0.457 e. The Morgan fingerprint density at radius 1 is 0.763 bits per heavy atom. The van der Waals surface area contributed by atoms with Gasteiger partial charge in [-0.2, -0.15) is 0 Å².